The molecule has 0 N–H and O–H groups in total. The van der Waals surface area contributed by atoms with E-state index >= 15 is 0 Å². The van der Waals surface area contributed by atoms with Gasteiger partial charge in [-0.15, -0.1) is 0 Å². The molecule has 0 radical (unpaired) electrons. The fourth-order valence-corrected chi connectivity index (χ4v) is 2.07. The molecule has 1 atom stereocenters. The first-order valence-electron chi connectivity index (χ1n) is 5.46. The smallest absolute Gasteiger partial charge is 0.123 e. The fourth-order valence-electron chi connectivity index (χ4n) is 2.07. The van der Waals surface area contributed by atoms with Crippen LogP contribution in [0.25, 0.3) is 0 Å². The molecule has 0 bridgehead atoms. The van der Waals surface area contributed by atoms with E-state index in [9.17, 15) is 0 Å². The SMILES string of the molecule is COc1ccc(C2CCOC2)cc1CC#N. The lowest BCUT2D eigenvalue weighted by molar-refractivity contribution is 0.194. The van der Waals surface area contributed by atoms with Crippen LogP contribution in [-0.4, -0.2) is 20.3 Å². The number of nitriles is 1. The molecule has 1 aromatic carbocycles. The standard InChI is InChI=1S/C13H15NO2/c1-15-13-3-2-10(8-11(13)4-6-14)12-5-7-16-9-12/h2-3,8,12H,4-5,7,9H2,1H3. The summed E-state index contributed by atoms with van der Waals surface area (Å²) in [5.74, 6) is 1.27. The maximum Gasteiger partial charge on any atom is 0.123 e. The number of nitrogens with zero attached hydrogens (tertiary/aromatic N) is 1. The molecule has 3 heteroatoms. The van der Waals surface area contributed by atoms with Crippen molar-refractivity contribution in [2.24, 2.45) is 0 Å². The second-order valence-corrected chi connectivity index (χ2v) is 3.97. The van der Waals surface area contributed by atoms with Crippen LogP contribution in [-0.2, 0) is 11.2 Å². The van der Waals surface area contributed by atoms with Crippen LogP contribution in [0.2, 0.25) is 0 Å². The molecule has 1 heterocycles. The highest BCUT2D eigenvalue weighted by atomic mass is 16.5. The summed E-state index contributed by atoms with van der Waals surface area (Å²) in [5, 5.41) is 8.77. The molecule has 0 amide bonds. The van der Waals surface area contributed by atoms with Crippen LogP contribution in [0.3, 0.4) is 0 Å². The van der Waals surface area contributed by atoms with E-state index in [1.807, 2.05) is 6.07 Å². The number of ether oxygens (including phenoxy) is 2. The monoisotopic (exact) mass is 217 g/mol. The zero-order valence-electron chi connectivity index (χ0n) is 9.40. The van der Waals surface area contributed by atoms with Crippen molar-refractivity contribution in [1.82, 2.24) is 0 Å². The van der Waals surface area contributed by atoms with E-state index in [1.165, 1.54) is 5.56 Å². The Balaban J connectivity index is 2.27. The molecule has 0 aliphatic carbocycles. The summed E-state index contributed by atoms with van der Waals surface area (Å²) in [6.45, 7) is 1.63. The van der Waals surface area contributed by atoms with Gasteiger partial charge in [0.25, 0.3) is 0 Å². The molecular weight excluding hydrogens is 202 g/mol. The first-order valence-corrected chi connectivity index (χ1v) is 5.46. The van der Waals surface area contributed by atoms with Crippen molar-refractivity contribution in [2.75, 3.05) is 20.3 Å². The summed E-state index contributed by atoms with van der Waals surface area (Å²) in [7, 11) is 1.63. The molecule has 3 nitrogen and oxygen atoms in total. The van der Waals surface area contributed by atoms with Gasteiger partial charge in [-0.2, -0.15) is 5.26 Å². The largest absolute Gasteiger partial charge is 0.496 e. The quantitative estimate of drug-likeness (QED) is 0.780. The Kier molecular flexibility index (Phi) is 3.43. The fraction of sp³-hybridized carbons (Fsp3) is 0.462. The minimum absolute atomic E-state index is 0.393. The topological polar surface area (TPSA) is 42.2 Å². The van der Waals surface area contributed by atoms with Crippen LogP contribution < -0.4 is 4.74 Å². The first kappa shape index (κ1) is 11.0. The number of rotatable bonds is 3. The Bertz CT molecular complexity index is 403. The van der Waals surface area contributed by atoms with Gasteiger partial charge in [0, 0.05) is 18.1 Å². The first-order chi connectivity index (χ1) is 7.85. The summed E-state index contributed by atoms with van der Waals surface area (Å²) in [6, 6.07) is 8.25. The summed E-state index contributed by atoms with van der Waals surface area (Å²) >= 11 is 0. The van der Waals surface area contributed by atoms with Crippen molar-refractivity contribution in [2.45, 2.75) is 18.8 Å². The van der Waals surface area contributed by atoms with Crippen LogP contribution in [0.1, 0.15) is 23.5 Å². The van der Waals surface area contributed by atoms with Crippen molar-refractivity contribution in [3.8, 4) is 11.8 Å². The lowest BCUT2D eigenvalue weighted by Crippen LogP contribution is -2.00. The molecule has 1 saturated heterocycles. The summed E-state index contributed by atoms with van der Waals surface area (Å²) in [5.41, 5.74) is 2.22. The van der Waals surface area contributed by atoms with E-state index in [0.29, 0.717) is 12.3 Å². The molecular formula is C13H15NO2. The predicted molar refractivity (Wildman–Crippen MR) is 60.5 cm³/mol. The van der Waals surface area contributed by atoms with Gasteiger partial charge in [0.05, 0.1) is 26.2 Å². The van der Waals surface area contributed by atoms with E-state index in [2.05, 4.69) is 18.2 Å². The maximum absolute atomic E-state index is 8.77. The third-order valence-electron chi connectivity index (χ3n) is 2.98. The molecule has 1 aliphatic rings. The average molecular weight is 217 g/mol. The van der Waals surface area contributed by atoms with Crippen molar-refractivity contribution >= 4 is 0 Å². The molecule has 0 saturated carbocycles. The lowest BCUT2D eigenvalue weighted by atomic mass is 9.95. The Hall–Kier alpha value is -1.53. The van der Waals surface area contributed by atoms with Gasteiger partial charge in [0.15, 0.2) is 0 Å². The zero-order valence-corrected chi connectivity index (χ0v) is 9.40. The van der Waals surface area contributed by atoms with Gasteiger partial charge in [-0.05, 0) is 18.1 Å². The zero-order chi connectivity index (χ0) is 11.4. The van der Waals surface area contributed by atoms with E-state index in [-0.39, 0.29) is 0 Å². The van der Waals surface area contributed by atoms with Crippen LogP contribution >= 0.6 is 0 Å². The Morgan fingerprint density at radius 3 is 3.06 bits per heavy atom. The second-order valence-electron chi connectivity index (χ2n) is 3.97. The van der Waals surface area contributed by atoms with Gasteiger partial charge in [0.2, 0.25) is 0 Å². The van der Waals surface area contributed by atoms with Crippen LogP contribution in [0.4, 0.5) is 0 Å². The Morgan fingerprint density at radius 2 is 2.44 bits per heavy atom. The number of benzene rings is 1. The van der Waals surface area contributed by atoms with Crippen LogP contribution in [0.5, 0.6) is 5.75 Å². The third-order valence-corrected chi connectivity index (χ3v) is 2.98. The Labute approximate surface area is 95.6 Å². The minimum Gasteiger partial charge on any atom is -0.496 e. The molecule has 84 valence electrons. The summed E-state index contributed by atoms with van der Waals surface area (Å²) in [6.07, 6.45) is 1.46. The summed E-state index contributed by atoms with van der Waals surface area (Å²) < 4.78 is 10.6. The second kappa shape index (κ2) is 5.00. The van der Waals surface area contributed by atoms with Gasteiger partial charge in [0.1, 0.15) is 5.75 Å². The van der Waals surface area contributed by atoms with E-state index < -0.39 is 0 Å². The lowest BCUT2D eigenvalue weighted by Gasteiger charge is -2.12. The number of hydrogen-bond donors (Lipinski definition) is 0. The molecule has 2 rings (SSSR count). The molecule has 1 fully saturated rings. The van der Waals surface area contributed by atoms with Crippen molar-refractivity contribution in [1.29, 1.82) is 5.26 Å². The summed E-state index contributed by atoms with van der Waals surface area (Å²) in [4.78, 5) is 0. The molecule has 0 aromatic heterocycles. The van der Waals surface area contributed by atoms with Gasteiger partial charge < -0.3 is 9.47 Å². The van der Waals surface area contributed by atoms with Crippen molar-refractivity contribution in [3.05, 3.63) is 29.3 Å². The van der Waals surface area contributed by atoms with Crippen LogP contribution in [0, 0.1) is 11.3 Å². The van der Waals surface area contributed by atoms with Gasteiger partial charge in [-0.1, -0.05) is 12.1 Å². The third kappa shape index (κ3) is 2.17. The van der Waals surface area contributed by atoms with E-state index in [0.717, 1.165) is 30.9 Å². The highest BCUT2D eigenvalue weighted by Gasteiger charge is 2.18. The molecule has 1 aliphatic heterocycles. The average Bonchev–Trinajstić information content (AvgIpc) is 2.83. The predicted octanol–water partition coefficient (Wildman–Crippen LogP) is 2.27. The molecule has 16 heavy (non-hydrogen) atoms. The number of methoxy groups -OCH3 is 1. The molecule has 0 spiro atoms. The highest BCUT2D eigenvalue weighted by Crippen LogP contribution is 2.29. The normalized spacial score (nSPS) is 19.4. The Morgan fingerprint density at radius 1 is 1.56 bits per heavy atom. The molecule has 1 unspecified atom stereocenters. The van der Waals surface area contributed by atoms with E-state index in [1.54, 1.807) is 7.11 Å². The van der Waals surface area contributed by atoms with E-state index in [4.69, 9.17) is 14.7 Å². The van der Waals surface area contributed by atoms with Gasteiger partial charge in [-0.25, -0.2) is 0 Å². The van der Waals surface area contributed by atoms with Gasteiger partial charge in [-0.3, -0.25) is 0 Å². The minimum atomic E-state index is 0.393. The number of hydrogen-bond acceptors (Lipinski definition) is 3. The van der Waals surface area contributed by atoms with Crippen molar-refractivity contribution in [3.63, 3.8) is 0 Å². The van der Waals surface area contributed by atoms with Crippen molar-refractivity contribution < 1.29 is 9.47 Å². The molecule has 1 aromatic rings. The van der Waals surface area contributed by atoms with Crippen LogP contribution in [0.15, 0.2) is 18.2 Å². The maximum atomic E-state index is 8.77. The van der Waals surface area contributed by atoms with Gasteiger partial charge >= 0.3 is 0 Å². The highest BCUT2D eigenvalue weighted by molar-refractivity contribution is 5.40.